The normalized spacial score (nSPS) is 13.2. The topological polar surface area (TPSA) is 115 Å². The van der Waals surface area contributed by atoms with E-state index in [0.717, 1.165) is 12.8 Å². The van der Waals surface area contributed by atoms with Crippen molar-refractivity contribution >= 4 is 29.1 Å². The number of aromatic nitrogens is 5. The van der Waals surface area contributed by atoms with Crippen molar-refractivity contribution in [2.24, 2.45) is 13.0 Å². The number of nitrogens with one attached hydrogen (secondary N) is 2. The molecule has 10 nitrogen and oxygen atoms in total. The highest BCUT2D eigenvalue weighted by atomic mass is 19.1. The summed E-state index contributed by atoms with van der Waals surface area (Å²) in [5, 5.41) is 13.6. The largest absolute Gasteiger partial charge is 0.456 e. The summed E-state index contributed by atoms with van der Waals surface area (Å²) in [6.45, 7) is 1.70. The van der Waals surface area contributed by atoms with E-state index in [9.17, 15) is 14.0 Å². The number of hydrogen-bond acceptors (Lipinski definition) is 6. The predicted octanol–water partition coefficient (Wildman–Crippen LogP) is 3.30. The quantitative estimate of drug-likeness (QED) is 0.467. The third-order valence-corrected chi connectivity index (χ3v) is 5.17. The Bertz CT molecular complexity index is 1390. The van der Waals surface area contributed by atoms with Gasteiger partial charge >= 0.3 is 0 Å². The minimum atomic E-state index is -0.597. The number of hydrogen-bond donors (Lipinski definition) is 2. The lowest BCUT2D eigenvalue weighted by molar-refractivity contribution is -0.117. The van der Waals surface area contributed by atoms with Crippen LogP contribution in [0.2, 0.25) is 0 Å². The predicted molar refractivity (Wildman–Crippen MR) is 117 cm³/mol. The molecule has 4 aromatic rings. The van der Waals surface area contributed by atoms with Gasteiger partial charge in [0.1, 0.15) is 17.3 Å². The van der Waals surface area contributed by atoms with Gasteiger partial charge in [-0.3, -0.25) is 19.6 Å². The van der Waals surface area contributed by atoms with Gasteiger partial charge in [-0.15, -0.1) is 5.10 Å². The van der Waals surface area contributed by atoms with Crippen molar-refractivity contribution < 1.29 is 18.7 Å². The first kappa shape index (κ1) is 20.6. The number of carbonyl (C=O) groups excluding carboxylic acids is 2. The van der Waals surface area contributed by atoms with Gasteiger partial charge in [0.25, 0.3) is 5.91 Å². The molecule has 11 heteroatoms. The van der Waals surface area contributed by atoms with E-state index >= 15 is 0 Å². The van der Waals surface area contributed by atoms with E-state index in [2.05, 4.69) is 25.8 Å². The van der Waals surface area contributed by atoms with E-state index in [0.29, 0.717) is 28.4 Å². The lowest BCUT2D eigenvalue weighted by Crippen LogP contribution is -2.14. The van der Waals surface area contributed by atoms with Gasteiger partial charge in [-0.2, -0.15) is 10.1 Å². The van der Waals surface area contributed by atoms with E-state index in [1.165, 1.54) is 27.4 Å². The number of benzene rings is 1. The highest BCUT2D eigenvalue weighted by Crippen LogP contribution is 2.30. The first-order valence-electron chi connectivity index (χ1n) is 10.3. The molecular weight excluding hydrogens is 429 g/mol. The molecular formula is C22H20FN7O3. The molecule has 0 aliphatic heterocycles. The van der Waals surface area contributed by atoms with Crippen LogP contribution in [-0.4, -0.2) is 36.2 Å². The summed E-state index contributed by atoms with van der Waals surface area (Å²) in [7, 11) is 1.70. The second-order valence-electron chi connectivity index (χ2n) is 7.87. The highest BCUT2D eigenvalue weighted by Gasteiger charge is 2.30. The smallest absolute Gasteiger partial charge is 0.259 e. The van der Waals surface area contributed by atoms with Gasteiger partial charge in [-0.05, 0) is 44.0 Å². The first-order valence-corrected chi connectivity index (χ1v) is 10.3. The van der Waals surface area contributed by atoms with Crippen LogP contribution in [0.3, 0.4) is 0 Å². The molecule has 1 aliphatic carbocycles. The Morgan fingerprint density at radius 1 is 1.09 bits per heavy atom. The Kier molecular flexibility index (Phi) is 5.00. The van der Waals surface area contributed by atoms with Gasteiger partial charge in [-0.1, -0.05) is 0 Å². The van der Waals surface area contributed by atoms with Gasteiger partial charge in [0.2, 0.25) is 11.9 Å². The number of amides is 2. The summed E-state index contributed by atoms with van der Waals surface area (Å²) in [6.07, 6.45) is 4.94. The average Bonchev–Trinajstić information content (AvgIpc) is 3.46. The number of rotatable bonds is 6. The van der Waals surface area contributed by atoms with Gasteiger partial charge in [0.05, 0.1) is 23.1 Å². The monoisotopic (exact) mass is 449 g/mol. The summed E-state index contributed by atoms with van der Waals surface area (Å²) in [5.74, 6) is -0.144. The zero-order chi connectivity index (χ0) is 23.1. The van der Waals surface area contributed by atoms with Crippen LogP contribution in [0.4, 0.5) is 16.0 Å². The second-order valence-corrected chi connectivity index (χ2v) is 7.87. The Morgan fingerprint density at radius 3 is 2.61 bits per heavy atom. The molecule has 3 aromatic heterocycles. The lowest BCUT2D eigenvalue weighted by Gasteiger charge is -2.10. The number of ether oxygens (including phenoxy) is 1. The maximum absolute atomic E-state index is 14.3. The van der Waals surface area contributed by atoms with Crippen LogP contribution in [0, 0.1) is 18.7 Å². The molecule has 0 spiro atoms. The number of halogens is 1. The van der Waals surface area contributed by atoms with Crippen molar-refractivity contribution in [2.45, 2.75) is 19.8 Å². The molecule has 3 heterocycles. The van der Waals surface area contributed by atoms with Gasteiger partial charge in [0.15, 0.2) is 5.65 Å². The van der Waals surface area contributed by atoms with Crippen molar-refractivity contribution in [2.75, 3.05) is 10.6 Å². The maximum atomic E-state index is 14.3. The van der Waals surface area contributed by atoms with Crippen LogP contribution in [0.15, 0.2) is 42.7 Å². The van der Waals surface area contributed by atoms with E-state index in [1.54, 1.807) is 38.5 Å². The minimum absolute atomic E-state index is 0.0207. The molecule has 1 saturated carbocycles. The third kappa shape index (κ3) is 4.38. The summed E-state index contributed by atoms with van der Waals surface area (Å²) in [5.41, 5.74) is 1.40. The Labute approximate surface area is 187 Å². The molecule has 33 heavy (non-hydrogen) atoms. The van der Waals surface area contributed by atoms with Crippen molar-refractivity contribution in [3.63, 3.8) is 0 Å². The molecule has 1 aromatic carbocycles. The molecule has 0 bridgehead atoms. The molecule has 2 amide bonds. The summed E-state index contributed by atoms with van der Waals surface area (Å²) in [6, 6.07) is 7.42. The van der Waals surface area contributed by atoms with Crippen LogP contribution in [0.25, 0.3) is 5.65 Å². The third-order valence-electron chi connectivity index (χ3n) is 5.17. The standard InChI is InChI=1S/C22H20FN7O3/c1-12-16(11-29(2)27-12)21(32)24-18-9-14(5-7-17(18)23)33-15-6-8-19-25-22(28-30(19)10-15)26-20(31)13-3-4-13/h5-11,13H,3-4H2,1-2H3,(H,24,32)(H,26,28,31). The number of carbonyl (C=O) groups is 2. The summed E-state index contributed by atoms with van der Waals surface area (Å²) < 4.78 is 23.1. The van der Waals surface area contributed by atoms with Crippen LogP contribution in [0.1, 0.15) is 28.9 Å². The van der Waals surface area contributed by atoms with E-state index in [4.69, 9.17) is 4.74 Å². The number of nitrogens with zero attached hydrogens (tertiary/aromatic N) is 5. The van der Waals surface area contributed by atoms with Crippen molar-refractivity contribution in [1.82, 2.24) is 24.4 Å². The van der Waals surface area contributed by atoms with E-state index in [-0.39, 0.29) is 23.5 Å². The van der Waals surface area contributed by atoms with Crippen LogP contribution < -0.4 is 15.4 Å². The molecule has 0 unspecified atom stereocenters. The SMILES string of the molecule is Cc1nn(C)cc1C(=O)Nc1cc(Oc2ccc3nc(NC(=O)C4CC4)nn3c2)ccc1F. The fraction of sp³-hybridized carbons (Fsp3) is 0.227. The molecule has 168 valence electrons. The minimum Gasteiger partial charge on any atom is -0.456 e. The van der Waals surface area contributed by atoms with Gasteiger partial charge in [0, 0.05) is 25.2 Å². The summed E-state index contributed by atoms with van der Waals surface area (Å²) in [4.78, 5) is 28.7. The summed E-state index contributed by atoms with van der Waals surface area (Å²) >= 11 is 0. The average molecular weight is 449 g/mol. The van der Waals surface area contributed by atoms with E-state index in [1.807, 2.05) is 0 Å². The number of aryl methyl sites for hydroxylation is 2. The molecule has 0 radical (unpaired) electrons. The first-order chi connectivity index (χ1) is 15.9. The van der Waals surface area contributed by atoms with Crippen molar-refractivity contribution in [3.05, 3.63) is 59.8 Å². The van der Waals surface area contributed by atoms with Crippen molar-refractivity contribution in [3.8, 4) is 11.5 Å². The second kappa shape index (κ2) is 8.01. The van der Waals surface area contributed by atoms with Gasteiger partial charge in [-0.25, -0.2) is 8.91 Å². The Hall–Kier alpha value is -4.28. The van der Waals surface area contributed by atoms with E-state index < -0.39 is 11.7 Å². The van der Waals surface area contributed by atoms with Crippen LogP contribution in [-0.2, 0) is 11.8 Å². The zero-order valence-corrected chi connectivity index (χ0v) is 17.9. The van der Waals surface area contributed by atoms with Crippen molar-refractivity contribution in [1.29, 1.82) is 0 Å². The fourth-order valence-electron chi connectivity index (χ4n) is 3.35. The number of fused-ring (bicyclic) bond motifs is 1. The molecule has 5 rings (SSSR count). The van der Waals surface area contributed by atoms with Gasteiger partial charge < -0.3 is 10.1 Å². The molecule has 0 atom stereocenters. The molecule has 0 saturated heterocycles. The van der Waals surface area contributed by atoms with Crippen LogP contribution >= 0.6 is 0 Å². The number of pyridine rings is 1. The van der Waals surface area contributed by atoms with Crippen LogP contribution in [0.5, 0.6) is 11.5 Å². The molecule has 2 N–H and O–H groups in total. The zero-order valence-electron chi connectivity index (χ0n) is 17.9. The Balaban J connectivity index is 1.32. The maximum Gasteiger partial charge on any atom is 0.259 e. The molecule has 1 fully saturated rings. The Morgan fingerprint density at radius 2 is 1.88 bits per heavy atom. The highest BCUT2D eigenvalue weighted by molar-refractivity contribution is 6.05. The lowest BCUT2D eigenvalue weighted by atomic mass is 10.2. The number of anilines is 2. The fourth-order valence-corrected chi connectivity index (χ4v) is 3.35. The molecule has 1 aliphatic rings.